The van der Waals surface area contributed by atoms with E-state index in [2.05, 4.69) is 5.32 Å². The Bertz CT molecular complexity index is 738. The molecule has 9 heteroatoms. The minimum absolute atomic E-state index is 0.107. The number of benzene rings is 1. The zero-order valence-electron chi connectivity index (χ0n) is 10.9. The summed E-state index contributed by atoms with van der Waals surface area (Å²) < 4.78 is 21.9. The van der Waals surface area contributed by atoms with Crippen molar-refractivity contribution in [3.05, 3.63) is 57.0 Å². The highest BCUT2D eigenvalue weighted by atomic mass is 32.2. The minimum atomic E-state index is -3.53. The van der Waals surface area contributed by atoms with Crippen molar-refractivity contribution in [1.82, 2.24) is 0 Å². The Kier molecular flexibility index (Phi) is 4.56. The molecule has 0 fully saturated rings. The van der Waals surface area contributed by atoms with Crippen molar-refractivity contribution in [3.8, 4) is 0 Å². The summed E-state index contributed by atoms with van der Waals surface area (Å²) >= 11 is 1.11. The number of primary sulfonamides is 1. The first-order chi connectivity index (χ1) is 9.83. The van der Waals surface area contributed by atoms with E-state index in [0.717, 1.165) is 21.9 Å². The highest BCUT2D eigenvalue weighted by Crippen LogP contribution is 2.24. The number of nitrogens with one attached hydrogen (secondary N) is 1. The van der Waals surface area contributed by atoms with Gasteiger partial charge in [0.1, 0.15) is 0 Å². The molecule has 0 amide bonds. The van der Waals surface area contributed by atoms with Crippen molar-refractivity contribution in [1.29, 1.82) is 0 Å². The highest BCUT2D eigenvalue weighted by molar-refractivity contribution is 7.88. The second kappa shape index (κ2) is 6.20. The lowest BCUT2D eigenvalue weighted by molar-refractivity contribution is -0.380. The predicted octanol–water partition coefficient (Wildman–Crippen LogP) is 2.06. The van der Waals surface area contributed by atoms with E-state index in [9.17, 15) is 18.5 Å². The van der Waals surface area contributed by atoms with E-state index in [1.165, 1.54) is 6.07 Å². The summed E-state index contributed by atoms with van der Waals surface area (Å²) in [5.74, 6) is -0.204. The molecule has 2 aromatic rings. The van der Waals surface area contributed by atoms with Crippen LogP contribution in [0.25, 0.3) is 0 Å². The smallest absolute Gasteiger partial charge is 0.324 e. The number of hydrogen-bond donors (Lipinski definition) is 2. The summed E-state index contributed by atoms with van der Waals surface area (Å²) in [6.07, 6.45) is 0. The van der Waals surface area contributed by atoms with Crippen LogP contribution in [-0.4, -0.2) is 13.3 Å². The van der Waals surface area contributed by atoms with Crippen molar-refractivity contribution in [3.63, 3.8) is 0 Å². The molecule has 2 rings (SSSR count). The van der Waals surface area contributed by atoms with Gasteiger partial charge in [0.2, 0.25) is 10.0 Å². The summed E-state index contributed by atoms with van der Waals surface area (Å²) in [6, 6.07) is 9.99. The zero-order chi connectivity index (χ0) is 15.5. The maximum Gasteiger partial charge on any atom is 0.324 e. The molecule has 0 aliphatic carbocycles. The van der Waals surface area contributed by atoms with E-state index >= 15 is 0 Å². The third kappa shape index (κ3) is 4.81. The molecule has 0 saturated carbocycles. The summed E-state index contributed by atoms with van der Waals surface area (Å²) in [5, 5.41) is 18.8. The van der Waals surface area contributed by atoms with Crippen LogP contribution in [0.1, 0.15) is 10.4 Å². The van der Waals surface area contributed by atoms with Crippen LogP contribution in [0.3, 0.4) is 0 Å². The van der Waals surface area contributed by atoms with Gasteiger partial charge in [-0.1, -0.05) is 23.5 Å². The van der Waals surface area contributed by atoms with Gasteiger partial charge in [0.05, 0.1) is 10.7 Å². The standard InChI is InChI=1S/C12H13N3O4S2/c13-21(18,19)8-9-1-3-10(4-2-9)14-7-11-5-6-12(20-11)15(16)17/h1-6,14H,7-8H2,(H2,13,18,19). The van der Waals surface area contributed by atoms with Crippen molar-refractivity contribution in [2.45, 2.75) is 12.3 Å². The maximum absolute atomic E-state index is 11.0. The molecule has 0 aliphatic heterocycles. The topological polar surface area (TPSA) is 115 Å². The number of nitro groups is 1. The second-order valence-electron chi connectivity index (χ2n) is 4.35. The normalized spacial score (nSPS) is 11.3. The Morgan fingerprint density at radius 2 is 1.86 bits per heavy atom. The largest absolute Gasteiger partial charge is 0.380 e. The average Bonchev–Trinajstić information content (AvgIpc) is 2.85. The lowest BCUT2D eigenvalue weighted by atomic mass is 10.2. The first kappa shape index (κ1) is 15.4. The van der Waals surface area contributed by atoms with Crippen LogP contribution in [0.4, 0.5) is 10.7 Å². The minimum Gasteiger partial charge on any atom is -0.380 e. The van der Waals surface area contributed by atoms with Gasteiger partial charge in [0, 0.05) is 23.2 Å². The first-order valence-electron chi connectivity index (χ1n) is 5.90. The van der Waals surface area contributed by atoms with Crippen molar-refractivity contribution in [2.24, 2.45) is 5.14 Å². The van der Waals surface area contributed by atoms with Crippen molar-refractivity contribution in [2.75, 3.05) is 5.32 Å². The Morgan fingerprint density at radius 1 is 1.19 bits per heavy atom. The Balaban J connectivity index is 1.95. The van der Waals surface area contributed by atoms with Crippen molar-refractivity contribution < 1.29 is 13.3 Å². The molecular formula is C12H13N3O4S2. The second-order valence-corrected chi connectivity index (χ2v) is 7.12. The molecular weight excluding hydrogens is 314 g/mol. The Labute approximate surface area is 125 Å². The number of hydrogen-bond acceptors (Lipinski definition) is 6. The number of sulfonamides is 1. The maximum atomic E-state index is 11.0. The lowest BCUT2D eigenvalue weighted by Gasteiger charge is -2.05. The molecule has 0 saturated heterocycles. The molecule has 0 radical (unpaired) electrons. The molecule has 0 bridgehead atoms. The molecule has 21 heavy (non-hydrogen) atoms. The van der Waals surface area contributed by atoms with Gasteiger partial charge in [-0.15, -0.1) is 0 Å². The number of rotatable bonds is 6. The summed E-state index contributed by atoms with van der Waals surface area (Å²) in [7, 11) is -3.53. The van der Waals surface area contributed by atoms with E-state index in [0.29, 0.717) is 12.1 Å². The van der Waals surface area contributed by atoms with Gasteiger partial charge < -0.3 is 5.32 Å². The summed E-state index contributed by atoms with van der Waals surface area (Å²) in [5.41, 5.74) is 1.40. The van der Waals surface area contributed by atoms with Gasteiger partial charge in [0.15, 0.2) is 0 Å². The van der Waals surface area contributed by atoms with Crippen LogP contribution in [-0.2, 0) is 22.3 Å². The summed E-state index contributed by atoms with van der Waals surface area (Å²) in [4.78, 5) is 11.0. The van der Waals surface area contributed by atoms with Gasteiger partial charge in [0.25, 0.3) is 0 Å². The Morgan fingerprint density at radius 3 is 2.38 bits per heavy atom. The molecule has 0 atom stereocenters. The SMILES string of the molecule is NS(=O)(=O)Cc1ccc(NCc2ccc([N+](=O)[O-])s2)cc1. The van der Waals surface area contributed by atoms with Gasteiger partial charge >= 0.3 is 5.00 Å². The lowest BCUT2D eigenvalue weighted by Crippen LogP contribution is -2.14. The van der Waals surface area contributed by atoms with Gasteiger partial charge in [-0.2, -0.15) is 0 Å². The highest BCUT2D eigenvalue weighted by Gasteiger charge is 2.09. The van der Waals surface area contributed by atoms with Gasteiger partial charge in [-0.05, 0) is 23.8 Å². The number of nitrogens with two attached hydrogens (primary N) is 1. The van der Waals surface area contributed by atoms with Crippen LogP contribution in [0.15, 0.2) is 36.4 Å². The van der Waals surface area contributed by atoms with E-state index in [-0.39, 0.29) is 10.8 Å². The Hall–Kier alpha value is -1.97. The van der Waals surface area contributed by atoms with Crippen molar-refractivity contribution >= 4 is 32.0 Å². The van der Waals surface area contributed by atoms with Crippen LogP contribution in [0.2, 0.25) is 0 Å². The average molecular weight is 327 g/mol. The van der Waals surface area contributed by atoms with Crippen LogP contribution in [0, 0.1) is 10.1 Å². The first-order valence-corrected chi connectivity index (χ1v) is 8.43. The number of anilines is 1. The summed E-state index contributed by atoms with van der Waals surface area (Å²) in [6.45, 7) is 0.465. The predicted molar refractivity (Wildman–Crippen MR) is 81.6 cm³/mol. The third-order valence-electron chi connectivity index (χ3n) is 2.62. The monoisotopic (exact) mass is 327 g/mol. The molecule has 7 nitrogen and oxygen atoms in total. The molecule has 3 N–H and O–H groups in total. The van der Waals surface area contributed by atoms with E-state index in [1.54, 1.807) is 30.3 Å². The quantitative estimate of drug-likeness (QED) is 0.622. The van der Waals surface area contributed by atoms with Gasteiger partial charge in [-0.25, -0.2) is 13.6 Å². The molecule has 112 valence electrons. The fraction of sp³-hybridized carbons (Fsp3) is 0.167. The molecule has 1 aromatic carbocycles. The van der Waals surface area contributed by atoms with Crippen LogP contribution >= 0.6 is 11.3 Å². The fourth-order valence-electron chi connectivity index (χ4n) is 1.70. The molecule has 1 aromatic heterocycles. The molecule has 0 spiro atoms. The van der Waals surface area contributed by atoms with E-state index in [4.69, 9.17) is 5.14 Å². The third-order valence-corrected chi connectivity index (χ3v) is 4.39. The molecule has 0 aliphatic rings. The number of thiophene rings is 1. The van der Waals surface area contributed by atoms with E-state index in [1.807, 2.05) is 0 Å². The number of nitrogens with zero attached hydrogens (tertiary/aromatic N) is 1. The molecule has 0 unspecified atom stereocenters. The zero-order valence-corrected chi connectivity index (χ0v) is 12.5. The van der Waals surface area contributed by atoms with E-state index < -0.39 is 14.9 Å². The van der Waals surface area contributed by atoms with Crippen LogP contribution < -0.4 is 10.5 Å². The van der Waals surface area contributed by atoms with Crippen LogP contribution in [0.5, 0.6) is 0 Å². The molecule has 1 heterocycles. The fourth-order valence-corrected chi connectivity index (χ4v) is 3.12. The van der Waals surface area contributed by atoms with Gasteiger partial charge in [-0.3, -0.25) is 10.1 Å².